The second-order valence-electron chi connectivity index (χ2n) is 5.70. The first-order valence-electron chi connectivity index (χ1n) is 7.77. The number of piperazine rings is 1. The van der Waals surface area contributed by atoms with E-state index in [0.29, 0.717) is 18.1 Å². The lowest BCUT2D eigenvalue weighted by molar-refractivity contribution is -0.133. The summed E-state index contributed by atoms with van der Waals surface area (Å²) in [4.78, 5) is 27.8. The zero-order valence-electron chi connectivity index (χ0n) is 14.1. The van der Waals surface area contributed by atoms with Crippen LogP contribution in [0.5, 0.6) is 0 Å². The fourth-order valence-electron chi connectivity index (χ4n) is 2.44. The van der Waals surface area contributed by atoms with Crippen molar-refractivity contribution in [3.63, 3.8) is 0 Å². The van der Waals surface area contributed by atoms with Crippen molar-refractivity contribution in [3.05, 3.63) is 29.3 Å². The fourth-order valence-corrected chi connectivity index (χ4v) is 2.63. The predicted octanol–water partition coefficient (Wildman–Crippen LogP) is 1.54. The third-order valence-electron chi connectivity index (χ3n) is 4.02. The molecule has 1 heterocycles. The summed E-state index contributed by atoms with van der Waals surface area (Å²) in [6.45, 7) is 4.81. The van der Waals surface area contributed by atoms with Gasteiger partial charge in [-0.3, -0.25) is 9.59 Å². The smallest absolute Gasteiger partial charge is 0.242 e. The van der Waals surface area contributed by atoms with E-state index in [1.807, 2.05) is 24.3 Å². The van der Waals surface area contributed by atoms with Crippen molar-refractivity contribution < 1.29 is 9.59 Å². The Hall–Kier alpha value is -1.21. The molecule has 6 nitrogen and oxygen atoms in total. The first-order chi connectivity index (χ1) is 11.0. The topological polar surface area (TPSA) is 78.7 Å². The first-order valence-corrected chi connectivity index (χ1v) is 8.15. The van der Waals surface area contributed by atoms with E-state index in [0.717, 1.165) is 18.8 Å². The Kier molecular flexibility index (Phi) is 10.9. The van der Waals surface area contributed by atoms with E-state index in [1.54, 1.807) is 11.8 Å². The van der Waals surface area contributed by atoms with Gasteiger partial charge >= 0.3 is 0 Å². The van der Waals surface area contributed by atoms with Gasteiger partial charge in [-0.2, -0.15) is 0 Å². The maximum Gasteiger partial charge on any atom is 0.242 e. The van der Waals surface area contributed by atoms with Crippen molar-refractivity contribution in [2.75, 3.05) is 44.2 Å². The Bertz CT molecular complexity index is 566. The van der Waals surface area contributed by atoms with Crippen LogP contribution in [-0.4, -0.2) is 56.0 Å². The van der Waals surface area contributed by atoms with Crippen molar-refractivity contribution in [1.29, 1.82) is 0 Å². The normalized spacial score (nSPS) is 14.8. The van der Waals surface area contributed by atoms with Crippen LogP contribution in [0, 0.1) is 5.92 Å². The Morgan fingerprint density at radius 3 is 2.44 bits per heavy atom. The highest BCUT2D eigenvalue weighted by molar-refractivity contribution is 6.30. The van der Waals surface area contributed by atoms with Crippen molar-refractivity contribution >= 4 is 53.9 Å². The summed E-state index contributed by atoms with van der Waals surface area (Å²) < 4.78 is 0. The van der Waals surface area contributed by atoms with Crippen molar-refractivity contribution in [2.45, 2.75) is 6.92 Å². The number of halogens is 3. The number of nitrogens with zero attached hydrogens (tertiary/aromatic N) is 2. The number of carbonyl (C=O) groups excluding carboxylic acids is 2. The monoisotopic (exact) mass is 410 g/mol. The summed E-state index contributed by atoms with van der Waals surface area (Å²) in [7, 11) is 0. The summed E-state index contributed by atoms with van der Waals surface area (Å²) in [6.07, 6.45) is 0. The van der Waals surface area contributed by atoms with Gasteiger partial charge in [-0.25, -0.2) is 0 Å². The van der Waals surface area contributed by atoms with E-state index in [1.165, 1.54) is 0 Å². The summed E-state index contributed by atoms with van der Waals surface area (Å²) >= 11 is 6.01. The van der Waals surface area contributed by atoms with Gasteiger partial charge in [0.25, 0.3) is 0 Å². The molecule has 1 unspecified atom stereocenters. The van der Waals surface area contributed by atoms with E-state index in [4.69, 9.17) is 17.3 Å². The Labute approximate surface area is 165 Å². The molecule has 25 heavy (non-hydrogen) atoms. The summed E-state index contributed by atoms with van der Waals surface area (Å²) in [5.74, 6) is -0.519. The van der Waals surface area contributed by atoms with Crippen molar-refractivity contribution in [3.8, 4) is 0 Å². The van der Waals surface area contributed by atoms with Gasteiger partial charge < -0.3 is 20.9 Å². The molecule has 0 aliphatic carbocycles. The molecule has 0 radical (unpaired) electrons. The maximum absolute atomic E-state index is 12.2. The van der Waals surface area contributed by atoms with Gasteiger partial charge in [-0.05, 0) is 18.2 Å². The lowest BCUT2D eigenvalue weighted by atomic mass is 10.2. The average molecular weight is 412 g/mol. The van der Waals surface area contributed by atoms with Gasteiger partial charge in [0.05, 0.1) is 6.54 Å². The fraction of sp³-hybridized carbons (Fsp3) is 0.500. The Morgan fingerprint density at radius 2 is 1.88 bits per heavy atom. The van der Waals surface area contributed by atoms with Gasteiger partial charge in [0.1, 0.15) is 0 Å². The number of nitrogens with one attached hydrogen (secondary N) is 1. The second kappa shape index (κ2) is 11.4. The number of amides is 2. The zero-order chi connectivity index (χ0) is 16.8. The lowest BCUT2D eigenvalue weighted by Gasteiger charge is -2.36. The van der Waals surface area contributed by atoms with Crippen molar-refractivity contribution in [1.82, 2.24) is 10.2 Å². The zero-order valence-corrected chi connectivity index (χ0v) is 16.5. The maximum atomic E-state index is 12.2. The molecule has 142 valence electrons. The van der Waals surface area contributed by atoms with Gasteiger partial charge in [-0.15, -0.1) is 24.8 Å². The van der Waals surface area contributed by atoms with Crippen LogP contribution in [0.2, 0.25) is 5.02 Å². The quantitative estimate of drug-likeness (QED) is 0.770. The molecular formula is C16H25Cl3N4O2. The molecule has 2 amide bonds. The van der Waals surface area contributed by atoms with Gasteiger partial charge in [0.15, 0.2) is 0 Å². The minimum atomic E-state index is -0.275. The van der Waals surface area contributed by atoms with Crippen LogP contribution in [-0.2, 0) is 9.59 Å². The molecular weight excluding hydrogens is 387 g/mol. The van der Waals surface area contributed by atoms with Crippen LogP contribution in [0.25, 0.3) is 0 Å². The third kappa shape index (κ3) is 6.90. The molecule has 1 aliphatic heterocycles. The number of hydrogen-bond donors (Lipinski definition) is 2. The van der Waals surface area contributed by atoms with E-state index in [2.05, 4.69) is 10.2 Å². The molecule has 1 aliphatic rings. The van der Waals surface area contributed by atoms with Gasteiger partial charge in [0.2, 0.25) is 11.8 Å². The molecule has 1 saturated heterocycles. The molecule has 0 spiro atoms. The van der Waals surface area contributed by atoms with E-state index in [9.17, 15) is 9.59 Å². The highest BCUT2D eigenvalue weighted by atomic mass is 35.5. The minimum absolute atomic E-state index is 0. The molecule has 1 aromatic carbocycles. The summed E-state index contributed by atoms with van der Waals surface area (Å²) in [5.41, 5.74) is 6.50. The predicted molar refractivity (Wildman–Crippen MR) is 106 cm³/mol. The average Bonchev–Trinajstić information content (AvgIpc) is 2.58. The van der Waals surface area contributed by atoms with Crippen LogP contribution in [0.1, 0.15) is 6.92 Å². The largest absolute Gasteiger partial charge is 0.368 e. The van der Waals surface area contributed by atoms with E-state index in [-0.39, 0.29) is 55.6 Å². The first kappa shape index (κ1) is 23.8. The molecule has 3 N–H and O–H groups in total. The molecule has 1 atom stereocenters. The van der Waals surface area contributed by atoms with Crippen LogP contribution < -0.4 is 16.0 Å². The number of benzene rings is 1. The molecule has 0 aromatic heterocycles. The number of anilines is 1. The highest BCUT2D eigenvalue weighted by Crippen LogP contribution is 2.20. The van der Waals surface area contributed by atoms with E-state index >= 15 is 0 Å². The van der Waals surface area contributed by atoms with Crippen LogP contribution in [0.4, 0.5) is 5.69 Å². The summed E-state index contributed by atoms with van der Waals surface area (Å²) in [6, 6.07) is 7.70. The molecule has 1 fully saturated rings. The van der Waals surface area contributed by atoms with Gasteiger partial charge in [-0.1, -0.05) is 24.6 Å². The van der Waals surface area contributed by atoms with Crippen LogP contribution in [0.15, 0.2) is 24.3 Å². The highest BCUT2D eigenvalue weighted by Gasteiger charge is 2.22. The third-order valence-corrected chi connectivity index (χ3v) is 4.26. The Balaban J connectivity index is 0.00000288. The molecule has 9 heteroatoms. The molecule has 2 rings (SSSR count). The number of nitrogens with two attached hydrogens (primary N) is 1. The van der Waals surface area contributed by atoms with Crippen LogP contribution >= 0.6 is 36.4 Å². The molecule has 1 aromatic rings. The summed E-state index contributed by atoms with van der Waals surface area (Å²) in [5, 5.41) is 3.35. The minimum Gasteiger partial charge on any atom is -0.368 e. The molecule has 0 bridgehead atoms. The molecule has 0 saturated carbocycles. The number of carbonyl (C=O) groups is 2. The Morgan fingerprint density at radius 1 is 1.24 bits per heavy atom. The second-order valence-corrected chi connectivity index (χ2v) is 6.14. The van der Waals surface area contributed by atoms with Gasteiger partial charge in [0, 0.05) is 49.4 Å². The number of rotatable bonds is 5. The van der Waals surface area contributed by atoms with Crippen LogP contribution in [0.3, 0.4) is 0 Å². The standard InChI is InChI=1S/C16H23ClN4O2.2ClH/c1-12(10-18)16(23)19-11-15(22)21-7-5-20(6-8-21)14-4-2-3-13(17)9-14;;/h2-4,9,12H,5-8,10-11,18H2,1H3,(H,19,23);2*1H. The lowest BCUT2D eigenvalue weighted by Crippen LogP contribution is -2.51. The van der Waals surface area contributed by atoms with E-state index < -0.39 is 0 Å². The number of hydrogen-bond acceptors (Lipinski definition) is 4. The SMILES string of the molecule is CC(CN)C(=O)NCC(=O)N1CCN(c2cccc(Cl)c2)CC1.Cl.Cl. The van der Waals surface area contributed by atoms with Crippen molar-refractivity contribution in [2.24, 2.45) is 11.7 Å².